The fraction of sp³-hybridized carbons (Fsp3) is 0.263. The van der Waals surface area contributed by atoms with E-state index in [9.17, 15) is 9.59 Å². The minimum atomic E-state index is -0.588. The fourth-order valence-electron chi connectivity index (χ4n) is 3.14. The Hall–Kier alpha value is -2.86. The predicted octanol–water partition coefficient (Wildman–Crippen LogP) is 1.12. The average Bonchev–Trinajstić information content (AvgIpc) is 3.02. The van der Waals surface area contributed by atoms with Crippen molar-refractivity contribution < 1.29 is 14.3 Å². The number of ether oxygens (including phenoxy) is 1. The average molecular weight is 339 g/mol. The molecule has 4 N–H and O–H groups in total. The number of hydrogen-bond donors (Lipinski definition) is 2. The molecule has 2 aromatic carbocycles. The molecule has 1 aliphatic rings. The van der Waals surface area contributed by atoms with Crippen LogP contribution < -0.4 is 16.2 Å². The van der Waals surface area contributed by atoms with Crippen molar-refractivity contribution in [2.24, 2.45) is 11.5 Å². The van der Waals surface area contributed by atoms with Crippen LogP contribution in [0.4, 0.5) is 0 Å². The van der Waals surface area contributed by atoms with Crippen molar-refractivity contribution >= 4 is 11.8 Å². The number of benzene rings is 2. The van der Waals surface area contributed by atoms with Gasteiger partial charge in [-0.2, -0.15) is 0 Å². The van der Waals surface area contributed by atoms with Crippen molar-refractivity contribution in [3.8, 4) is 5.75 Å². The first-order chi connectivity index (χ1) is 12.1. The Morgan fingerprint density at radius 3 is 2.44 bits per heavy atom. The van der Waals surface area contributed by atoms with E-state index in [2.05, 4.69) is 0 Å². The second-order valence-corrected chi connectivity index (χ2v) is 6.14. The van der Waals surface area contributed by atoms with Crippen molar-refractivity contribution in [3.63, 3.8) is 0 Å². The standard InChI is InChI=1S/C19H21N3O3/c20-16-11-22(10-15(16)13-6-2-1-3-7-13)19(24)14-8-4-5-9-17(14)25-12-18(21)23/h1-9,15-16H,10-12,20H2,(H2,21,23)/t15-,16+/m0/s1. The number of likely N-dealkylation sites (tertiary alicyclic amines) is 1. The van der Waals surface area contributed by atoms with E-state index in [1.165, 1.54) is 0 Å². The van der Waals surface area contributed by atoms with Crippen LogP contribution in [0.25, 0.3) is 0 Å². The molecule has 3 rings (SSSR count). The molecule has 6 heteroatoms. The van der Waals surface area contributed by atoms with Crippen molar-refractivity contribution in [3.05, 3.63) is 65.7 Å². The normalized spacial score (nSPS) is 19.6. The van der Waals surface area contributed by atoms with E-state index >= 15 is 0 Å². The molecule has 2 amide bonds. The van der Waals surface area contributed by atoms with E-state index in [0.29, 0.717) is 24.4 Å². The molecule has 1 aliphatic heterocycles. The number of nitrogens with zero attached hydrogens (tertiary/aromatic N) is 1. The van der Waals surface area contributed by atoms with E-state index < -0.39 is 5.91 Å². The summed E-state index contributed by atoms with van der Waals surface area (Å²) in [6, 6.07) is 16.7. The van der Waals surface area contributed by atoms with Gasteiger partial charge in [0, 0.05) is 25.0 Å². The molecule has 1 heterocycles. The van der Waals surface area contributed by atoms with Gasteiger partial charge < -0.3 is 21.1 Å². The molecular weight excluding hydrogens is 318 g/mol. The highest BCUT2D eigenvalue weighted by Gasteiger charge is 2.34. The third-order valence-corrected chi connectivity index (χ3v) is 4.37. The monoisotopic (exact) mass is 339 g/mol. The quantitative estimate of drug-likeness (QED) is 0.853. The van der Waals surface area contributed by atoms with Gasteiger partial charge in [0.15, 0.2) is 6.61 Å². The lowest BCUT2D eigenvalue weighted by Crippen LogP contribution is -2.32. The first-order valence-electron chi connectivity index (χ1n) is 8.16. The van der Waals surface area contributed by atoms with Crippen LogP contribution in [-0.4, -0.2) is 42.5 Å². The van der Waals surface area contributed by atoms with Gasteiger partial charge in [-0.1, -0.05) is 42.5 Å². The van der Waals surface area contributed by atoms with Crippen molar-refractivity contribution in [1.82, 2.24) is 4.90 Å². The van der Waals surface area contributed by atoms with Crippen LogP contribution in [0, 0.1) is 0 Å². The highest BCUT2D eigenvalue weighted by Crippen LogP contribution is 2.29. The molecule has 0 saturated carbocycles. The van der Waals surface area contributed by atoms with Crippen molar-refractivity contribution in [2.45, 2.75) is 12.0 Å². The number of amides is 2. The molecule has 130 valence electrons. The molecule has 2 atom stereocenters. The van der Waals surface area contributed by atoms with E-state index in [0.717, 1.165) is 5.56 Å². The van der Waals surface area contributed by atoms with Gasteiger partial charge in [0.05, 0.1) is 5.56 Å². The molecule has 0 radical (unpaired) electrons. The summed E-state index contributed by atoms with van der Waals surface area (Å²) in [4.78, 5) is 25.6. The van der Waals surface area contributed by atoms with Crippen LogP contribution in [0.1, 0.15) is 21.8 Å². The molecule has 0 bridgehead atoms. The van der Waals surface area contributed by atoms with Gasteiger partial charge in [-0.25, -0.2) is 0 Å². The molecule has 25 heavy (non-hydrogen) atoms. The first-order valence-corrected chi connectivity index (χ1v) is 8.16. The Kier molecular flexibility index (Phi) is 5.00. The highest BCUT2D eigenvalue weighted by molar-refractivity contribution is 5.97. The molecule has 6 nitrogen and oxygen atoms in total. The zero-order valence-electron chi connectivity index (χ0n) is 13.8. The maximum Gasteiger partial charge on any atom is 0.257 e. The number of carbonyl (C=O) groups is 2. The molecule has 0 aliphatic carbocycles. The topological polar surface area (TPSA) is 98.7 Å². The van der Waals surface area contributed by atoms with Gasteiger partial charge in [-0.15, -0.1) is 0 Å². The maximum atomic E-state index is 12.9. The number of primary amides is 1. The second-order valence-electron chi connectivity index (χ2n) is 6.14. The fourth-order valence-corrected chi connectivity index (χ4v) is 3.14. The number of rotatable bonds is 5. The summed E-state index contributed by atoms with van der Waals surface area (Å²) in [6.07, 6.45) is 0. The Bertz CT molecular complexity index is 764. The summed E-state index contributed by atoms with van der Waals surface area (Å²) in [6.45, 7) is 0.757. The zero-order chi connectivity index (χ0) is 17.8. The summed E-state index contributed by atoms with van der Waals surface area (Å²) in [5, 5.41) is 0. The lowest BCUT2D eigenvalue weighted by molar-refractivity contribution is -0.119. The third-order valence-electron chi connectivity index (χ3n) is 4.37. The van der Waals surface area contributed by atoms with Crippen LogP contribution in [-0.2, 0) is 4.79 Å². The summed E-state index contributed by atoms with van der Waals surface area (Å²) >= 11 is 0. The smallest absolute Gasteiger partial charge is 0.257 e. The van der Waals surface area contributed by atoms with Gasteiger partial charge >= 0.3 is 0 Å². The van der Waals surface area contributed by atoms with Gasteiger partial charge in [-0.05, 0) is 17.7 Å². The van der Waals surface area contributed by atoms with Gasteiger partial charge in [0.2, 0.25) is 0 Å². The van der Waals surface area contributed by atoms with Crippen molar-refractivity contribution in [1.29, 1.82) is 0 Å². The van der Waals surface area contributed by atoms with Crippen LogP contribution in [0.2, 0.25) is 0 Å². The van der Waals surface area contributed by atoms with E-state index in [1.807, 2.05) is 30.3 Å². The summed E-state index contributed by atoms with van der Waals surface area (Å²) < 4.78 is 5.36. The molecule has 2 aromatic rings. The third kappa shape index (κ3) is 3.80. The SMILES string of the molecule is NC(=O)COc1ccccc1C(=O)N1C[C@@H](N)[C@H](c2ccccc2)C1. The Morgan fingerprint density at radius 2 is 1.72 bits per heavy atom. The lowest BCUT2D eigenvalue weighted by Gasteiger charge is -2.18. The highest BCUT2D eigenvalue weighted by atomic mass is 16.5. The van der Waals surface area contributed by atoms with Gasteiger partial charge in [0.25, 0.3) is 11.8 Å². The molecular formula is C19H21N3O3. The second kappa shape index (κ2) is 7.36. The number of carbonyl (C=O) groups excluding carboxylic acids is 2. The van der Waals surface area contributed by atoms with E-state index in [1.54, 1.807) is 29.2 Å². The largest absolute Gasteiger partial charge is 0.483 e. The van der Waals surface area contributed by atoms with Crippen molar-refractivity contribution in [2.75, 3.05) is 19.7 Å². The van der Waals surface area contributed by atoms with Gasteiger partial charge in [0.1, 0.15) is 5.75 Å². The molecule has 0 aromatic heterocycles. The minimum Gasteiger partial charge on any atom is -0.483 e. The Labute approximate surface area is 146 Å². The van der Waals surface area contributed by atoms with E-state index in [-0.39, 0.29) is 24.5 Å². The lowest BCUT2D eigenvalue weighted by atomic mass is 9.95. The maximum absolute atomic E-state index is 12.9. The first kappa shape index (κ1) is 17.0. The molecule has 1 fully saturated rings. The number of nitrogens with two attached hydrogens (primary N) is 2. The zero-order valence-corrected chi connectivity index (χ0v) is 13.8. The predicted molar refractivity (Wildman–Crippen MR) is 94.2 cm³/mol. The summed E-state index contributed by atoms with van der Waals surface area (Å²) in [5.41, 5.74) is 12.9. The van der Waals surface area contributed by atoms with E-state index in [4.69, 9.17) is 16.2 Å². The van der Waals surface area contributed by atoms with Gasteiger partial charge in [-0.3, -0.25) is 9.59 Å². The van der Waals surface area contributed by atoms with Crippen LogP contribution in [0.15, 0.2) is 54.6 Å². The van der Waals surface area contributed by atoms with Crippen LogP contribution >= 0.6 is 0 Å². The van der Waals surface area contributed by atoms with Crippen LogP contribution in [0.3, 0.4) is 0 Å². The summed E-state index contributed by atoms with van der Waals surface area (Å²) in [5.74, 6) is -0.296. The minimum absolute atomic E-state index is 0.101. The molecule has 0 unspecified atom stereocenters. The molecule has 1 saturated heterocycles. The molecule has 0 spiro atoms. The van der Waals surface area contributed by atoms with Crippen LogP contribution in [0.5, 0.6) is 5.75 Å². The Morgan fingerprint density at radius 1 is 1.04 bits per heavy atom. The Balaban J connectivity index is 1.77. The summed E-state index contributed by atoms with van der Waals surface area (Å²) in [7, 11) is 0. The number of hydrogen-bond acceptors (Lipinski definition) is 4. The number of para-hydroxylation sites is 1.